The van der Waals surface area contributed by atoms with Gasteiger partial charge in [0.2, 0.25) is 5.91 Å². The number of benzene rings is 1. The zero-order chi connectivity index (χ0) is 19.6. The van der Waals surface area contributed by atoms with Gasteiger partial charge in [0, 0.05) is 13.1 Å². The molecule has 1 aromatic carbocycles. The van der Waals surface area contributed by atoms with E-state index in [1.807, 2.05) is 0 Å². The van der Waals surface area contributed by atoms with E-state index in [0.29, 0.717) is 10.6 Å². The quantitative estimate of drug-likeness (QED) is 0.580. The van der Waals surface area contributed by atoms with Gasteiger partial charge in [-0.3, -0.25) is 14.4 Å². The summed E-state index contributed by atoms with van der Waals surface area (Å²) in [6.07, 6.45) is 5.12. The molecule has 1 saturated heterocycles. The lowest BCUT2D eigenvalue weighted by Crippen LogP contribution is -2.46. The number of hydrogen-bond acceptors (Lipinski definition) is 5. The van der Waals surface area contributed by atoms with E-state index < -0.39 is 24.4 Å². The Morgan fingerprint density at radius 3 is 2.30 bits per heavy atom. The zero-order valence-corrected chi connectivity index (χ0v) is 15.5. The molecule has 5 amide bonds. The number of carbonyl (C=O) groups excluding carboxylic acids is 4. The highest BCUT2D eigenvalue weighted by molar-refractivity contribution is 6.53. The third kappa shape index (κ3) is 3.65. The summed E-state index contributed by atoms with van der Waals surface area (Å²) in [4.78, 5) is 52.8. The minimum absolute atomic E-state index is 0.118. The SMILES string of the molecule is COc1ccc(N2C(=O)C(=O)N(CC(=O)N(C)C3CCCCC3)C2=O)cc1. The van der Waals surface area contributed by atoms with Crippen LogP contribution in [0.25, 0.3) is 0 Å². The largest absolute Gasteiger partial charge is 0.497 e. The normalized spacial score (nSPS) is 18.2. The molecule has 8 nitrogen and oxygen atoms in total. The Balaban J connectivity index is 1.72. The second-order valence-corrected chi connectivity index (χ2v) is 6.81. The van der Waals surface area contributed by atoms with Crippen LogP contribution < -0.4 is 9.64 Å². The Morgan fingerprint density at radius 2 is 1.70 bits per heavy atom. The number of ether oxygens (including phenoxy) is 1. The molecule has 0 atom stereocenters. The molecule has 3 rings (SSSR count). The van der Waals surface area contributed by atoms with Gasteiger partial charge in [-0.25, -0.2) is 14.6 Å². The van der Waals surface area contributed by atoms with Gasteiger partial charge < -0.3 is 9.64 Å². The molecule has 1 heterocycles. The van der Waals surface area contributed by atoms with Crippen molar-refractivity contribution in [3.05, 3.63) is 24.3 Å². The first-order chi connectivity index (χ1) is 12.9. The molecule has 144 valence electrons. The summed E-state index contributed by atoms with van der Waals surface area (Å²) in [6, 6.07) is 5.52. The lowest BCUT2D eigenvalue weighted by molar-refractivity contribution is -0.142. The second-order valence-electron chi connectivity index (χ2n) is 6.81. The minimum Gasteiger partial charge on any atom is -0.497 e. The molecule has 1 aliphatic carbocycles. The molecule has 0 spiro atoms. The van der Waals surface area contributed by atoms with Crippen LogP contribution in [-0.2, 0) is 14.4 Å². The van der Waals surface area contributed by atoms with Crippen molar-refractivity contribution in [1.29, 1.82) is 0 Å². The fraction of sp³-hybridized carbons (Fsp3) is 0.474. The van der Waals surface area contributed by atoms with Crippen LogP contribution >= 0.6 is 0 Å². The molecule has 0 N–H and O–H groups in total. The van der Waals surface area contributed by atoms with Gasteiger partial charge in [-0.05, 0) is 37.1 Å². The van der Waals surface area contributed by atoms with E-state index in [1.54, 1.807) is 24.1 Å². The number of nitrogens with zero attached hydrogens (tertiary/aromatic N) is 3. The van der Waals surface area contributed by atoms with Crippen molar-refractivity contribution in [2.45, 2.75) is 38.1 Å². The van der Waals surface area contributed by atoms with Crippen LogP contribution in [0.4, 0.5) is 10.5 Å². The van der Waals surface area contributed by atoms with Gasteiger partial charge in [-0.15, -0.1) is 0 Å². The summed E-state index contributed by atoms with van der Waals surface area (Å²) >= 11 is 0. The highest BCUT2D eigenvalue weighted by Gasteiger charge is 2.46. The van der Waals surface area contributed by atoms with Gasteiger partial charge in [0.25, 0.3) is 0 Å². The molecule has 1 saturated carbocycles. The average molecular weight is 373 g/mol. The smallest absolute Gasteiger partial charge is 0.339 e. The van der Waals surface area contributed by atoms with E-state index in [1.165, 1.54) is 19.2 Å². The topological polar surface area (TPSA) is 87.2 Å². The van der Waals surface area contributed by atoms with Crippen LogP contribution in [-0.4, -0.2) is 60.3 Å². The second kappa shape index (κ2) is 7.77. The van der Waals surface area contributed by atoms with Crippen molar-refractivity contribution in [2.24, 2.45) is 0 Å². The standard InChI is InChI=1S/C19H23N3O5/c1-20(13-6-4-3-5-7-13)16(23)12-21-17(24)18(25)22(19(21)26)14-8-10-15(27-2)11-9-14/h8-11,13H,3-7,12H2,1-2H3. The Morgan fingerprint density at radius 1 is 1.07 bits per heavy atom. The monoisotopic (exact) mass is 373 g/mol. The van der Waals surface area contributed by atoms with Crippen LogP contribution in [0.2, 0.25) is 0 Å². The van der Waals surface area contributed by atoms with Gasteiger partial charge in [-0.1, -0.05) is 19.3 Å². The van der Waals surface area contributed by atoms with Gasteiger partial charge >= 0.3 is 17.8 Å². The summed E-state index contributed by atoms with van der Waals surface area (Å²) in [5.41, 5.74) is 0.259. The summed E-state index contributed by atoms with van der Waals surface area (Å²) in [5.74, 6) is -1.72. The first-order valence-corrected chi connectivity index (χ1v) is 9.03. The number of rotatable bonds is 5. The fourth-order valence-corrected chi connectivity index (χ4v) is 3.52. The molecule has 0 bridgehead atoms. The summed E-state index contributed by atoms with van der Waals surface area (Å²) in [6.45, 7) is -0.428. The van der Waals surface area contributed by atoms with Crippen molar-refractivity contribution < 1.29 is 23.9 Å². The average Bonchev–Trinajstić information content (AvgIpc) is 2.91. The number of amides is 5. The summed E-state index contributed by atoms with van der Waals surface area (Å²) < 4.78 is 5.05. The molecule has 8 heteroatoms. The lowest BCUT2D eigenvalue weighted by Gasteiger charge is -2.32. The number of methoxy groups -OCH3 is 1. The molecule has 1 aliphatic heterocycles. The Kier molecular flexibility index (Phi) is 5.43. The van der Waals surface area contributed by atoms with Gasteiger partial charge in [0.1, 0.15) is 12.3 Å². The van der Waals surface area contributed by atoms with Crippen molar-refractivity contribution >= 4 is 29.4 Å². The Bertz CT molecular complexity index is 755. The molecular formula is C19H23N3O5. The number of carbonyl (C=O) groups is 4. The maximum absolute atomic E-state index is 12.6. The maximum atomic E-state index is 12.6. The number of likely N-dealkylation sites (N-methyl/N-ethyl adjacent to an activating group) is 1. The van der Waals surface area contributed by atoms with Crippen LogP contribution in [0.1, 0.15) is 32.1 Å². The van der Waals surface area contributed by atoms with Crippen LogP contribution in [0.15, 0.2) is 24.3 Å². The molecule has 0 unspecified atom stereocenters. The maximum Gasteiger partial charge on any atom is 0.339 e. The first-order valence-electron chi connectivity index (χ1n) is 9.03. The highest BCUT2D eigenvalue weighted by atomic mass is 16.5. The van der Waals surface area contributed by atoms with E-state index in [9.17, 15) is 19.2 Å². The van der Waals surface area contributed by atoms with Gasteiger partial charge in [0.05, 0.1) is 12.8 Å². The van der Waals surface area contributed by atoms with Crippen LogP contribution in [0.5, 0.6) is 5.75 Å². The van der Waals surface area contributed by atoms with Crippen molar-refractivity contribution in [3.63, 3.8) is 0 Å². The summed E-state index contributed by atoms with van der Waals surface area (Å²) in [7, 11) is 3.19. The third-order valence-electron chi connectivity index (χ3n) is 5.19. The molecule has 2 aliphatic rings. The highest BCUT2D eigenvalue weighted by Crippen LogP contribution is 2.25. The minimum atomic E-state index is -0.985. The molecule has 0 radical (unpaired) electrons. The van der Waals surface area contributed by atoms with Crippen molar-refractivity contribution in [1.82, 2.24) is 9.80 Å². The van der Waals surface area contributed by atoms with Crippen LogP contribution in [0.3, 0.4) is 0 Å². The predicted molar refractivity (Wildman–Crippen MR) is 97.2 cm³/mol. The van der Waals surface area contributed by atoms with Crippen molar-refractivity contribution in [2.75, 3.05) is 25.6 Å². The van der Waals surface area contributed by atoms with Gasteiger partial charge in [0.15, 0.2) is 0 Å². The molecule has 27 heavy (non-hydrogen) atoms. The molecule has 1 aromatic rings. The zero-order valence-electron chi connectivity index (χ0n) is 15.5. The van der Waals surface area contributed by atoms with E-state index in [0.717, 1.165) is 37.0 Å². The van der Waals surface area contributed by atoms with E-state index in [-0.39, 0.29) is 17.6 Å². The predicted octanol–water partition coefficient (Wildman–Crippen LogP) is 1.78. The molecular weight excluding hydrogens is 350 g/mol. The van der Waals surface area contributed by atoms with Crippen LogP contribution in [0, 0.1) is 0 Å². The van der Waals surface area contributed by atoms with Gasteiger partial charge in [-0.2, -0.15) is 0 Å². The van der Waals surface area contributed by atoms with E-state index in [4.69, 9.17) is 4.74 Å². The molecule has 2 fully saturated rings. The van der Waals surface area contributed by atoms with E-state index >= 15 is 0 Å². The Labute approximate surface area is 157 Å². The fourth-order valence-electron chi connectivity index (χ4n) is 3.52. The number of imide groups is 2. The van der Waals surface area contributed by atoms with Crippen molar-refractivity contribution in [3.8, 4) is 5.75 Å². The lowest BCUT2D eigenvalue weighted by atomic mass is 9.94. The first kappa shape index (κ1) is 18.9. The number of urea groups is 1. The molecule has 0 aromatic heterocycles. The summed E-state index contributed by atoms with van der Waals surface area (Å²) in [5, 5.41) is 0. The Hall–Kier alpha value is -2.90. The van der Waals surface area contributed by atoms with E-state index in [2.05, 4.69) is 0 Å². The number of anilines is 1. The third-order valence-corrected chi connectivity index (χ3v) is 5.19. The number of hydrogen-bond donors (Lipinski definition) is 0.